The molecule has 1 aromatic heterocycles. The van der Waals surface area contributed by atoms with E-state index >= 15 is 0 Å². The van der Waals surface area contributed by atoms with Crippen LogP contribution in [0.4, 0.5) is 0 Å². The van der Waals surface area contributed by atoms with Gasteiger partial charge in [-0.1, -0.05) is 42.2 Å². The van der Waals surface area contributed by atoms with Crippen molar-refractivity contribution in [3.63, 3.8) is 0 Å². The van der Waals surface area contributed by atoms with Crippen molar-refractivity contribution >= 4 is 46.3 Å². The summed E-state index contributed by atoms with van der Waals surface area (Å²) in [5.41, 5.74) is 4.10. The SMILES string of the molecule is COc1ccc(-c2nn(-c3ccccc3)cc2C=C2SC(=S)N(CC(=O)O)C2=O)cc1C. The minimum Gasteiger partial charge on any atom is -0.496 e. The van der Waals surface area contributed by atoms with Gasteiger partial charge in [0.1, 0.15) is 22.3 Å². The molecule has 1 aliphatic rings. The Morgan fingerprint density at radius 1 is 1.25 bits per heavy atom. The van der Waals surface area contributed by atoms with E-state index in [1.807, 2.05) is 61.7 Å². The molecule has 1 N–H and O–H groups in total. The van der Waals surface area contributed by atoms with Crippen LogP contribution in [0.1, 0.15) is 11.1 Å². The zero-order valence-electron chi connectivity index (χ0n) is 17.3. The van der Waals surface area contributed by atoms with Gasteiger partial charge in [-0.2, -0.15) is 5.10 Å². The van der Waals surface area contributed by atoms with Gasteiger partial charge in [0.2, 0.25) is 0 Å². The number of carbonyl (C=O) groups is 2. The number of methoxy groups -OCH3 is 1. The average Bonchev–Trinajstić information content (AvgIpc) is 3.31. The molecule has 0 atom stereocenters. The van der Waals surface area contributed by atoms with Crippen LogP contribution in [0.5, 0.6) is 5.75 Å². The number of carboxylic acid groups (broad SMARTS) is 1. The maximum absolute atomic E-state index is 12.8. The molecule has 1 fully saturated rings. The number of hydrogen-bond donors (Lipinski definition) is 1. The third-order valence-electron chi connectivity index (χ3n) is 4.89. The molecule has 3 aromatic rings. The number of rotatable bonds is 6. The number of aliphatic carboxylic acids is 1. The first-order valence-corrected chi connectivity index (χ1v) is 10.9. The van der Waals surface area contributed by atoms with Crippen LogP contribution in [0.15, 0.2) is 59.6 Å². The van der Waals surface area contributed by atoms with Crippen molar-refractivity contribution in [1.82, 2.24) is 14.7 Å². The zero-order valence-corrected chi connectivity index (χ0v) is 18.9. The molecule has 1 saturated heterocycles. The first kappa shape index (κ1) is 21.8. The molecule has 0 aliphatic carbocycles. The quantitative estimate of drug-likeness (QED) is 0.433. The molecule has 0 radical (unpaired) electrons. The topological polar surface area (TPSA) is 84.7 Å². The molecule has 7 nitrogen and oxygen atoms in total. The fourth-order valence-corrected chi connectivity index (χ4v) is 4.61. The van der Waals surface area contributed by atoms with Crippen LogP contribution in [0.3, 0.4) is 0 Å². The van der Waals surface area contributed by atoms with E-state index in [9.17, 15) is 9.59 Å². The standard InChI is InChI=1S/C23H19N3O4S2/c1-14-10-15(8-9-18(14)30-2)21-16(12-26(24-21)17-6-4-3-5-7-17)11-19-22(29)25(13-20(27)28)23(31)32-19/h3-12H,13H2,1-2H3,(H,27,28). The lowest BCUT2D eigenvalue weighted by molar-refractivity contribution is -0.140. The summed E-state index contributed by atoms with van der Waals surface area (Å²) >= 11 is 6.30. The second-order valence-electron chi connectivity index (χ2n) is 7.06. The van der Waals surface area contributed by atoms with Gasteiger partial charge < -0.3 is 9.84 Å². The molecule has 0 bridgehead atoms. The van der Waals surface area contributed by atoms with E-state index in [-0.39, 0.29) is 4.32 Å². The van der Waals surface area contributed by atoms with Crippen LogP contribution in [0, 0.1) is 6.92 Å². The monoisotopic (exact) mass is 465 g/mol. The minimum atomic E-state index is -1.12. The van der Waals surface area contributed by atoms with Gasteiger partial charge in [-0.15, -0.1) is 0 Å². The van der Waals surface area contributed by atoms with Crippen LogP contribution < -0.4 is 4.74 Å². The van der Waals surface area contributed by atoms with Gasteiger partial charge in [0, 0.05) is 17.3 Å². The number of thioether (sulfide) groups is 1. The molecule has 32 heavy (non-hydrogen) atoms. The van der Waals surface area contributed by atoms with Crippen LogP contribution in [0.25, 0.3) is 23.0 Å². The molecule has 1 aliphatic heterocycles. The Kier molecular flexibility index (Phi) is 6.11. The normalized spacial score (nSPS) is 14.9. The highest BCUT2D eigenvalue weighted by Gasteiger charge is 2.33. The number of aryl methyl sites for hydroxylation is 1. The largest absolute Gasteiger partial charge is 0.496 e. The van der Waals surface area contributed by atoms with Gasteiger partial charge in [-0.05, 0) is 48.9 Å². The average molecular weight is 466 g/mol. The summed E-state index contributed by atoms with van der Waals surface area (Å²) in [6, 6.07) is 15.4. The maximum Gasteiger partial charge on any atom is 0.323 e. The van der Waals surface area contributed by atoms with E-state index in [1.165, 1.54) is 0 Å². The van der Waals surface area contributed by atoms with Crippen molar-refractivity contribution in [2.45, 2.75) is 6.92 Å². The Labute approximate surface area is 194 Å². The van der Waals surface area contributed by atoms with Gasteiger partial charge in [0.25, 0.3) is 5.91 Å². The lowest BCUT2D eigenvalue weighted by Crippen LogP contribution is -2.33. The van der Waals surface area contributed by atoms with Gasteiger partial charge in [0.05, 0.1) is 17.7 Å². The van der Waals surface area contributed by atoms with Crippen LogP contribution in [0.2, 0.25) is 0 Å². The van der Waals surface area contributed by atoms with Gasteiger partial charge in [0.15, 0.2) is 0 Å². The van der Waals surface area contributed by atoms with Crippen molar-refractivity contribution in [3.8, 4) is 22.7 Å². The summed E-state index contributed by atoms with van der Waals surface area (Å²) in [5.74, 6) is -0.770. The van der Waals surface area contributed by atoms with E-state index in [0.29, 0.717) is 16.2 Å². The molecule has 1 amide bonds. The van der Waals surface area contributed by atoms with Crippen LogP contribution in [-0.2, 0) is 9.59 Å². The molecule has 9 heteroatoms. The number of carbonyl (C=O) groups excluding carboxylic acids is 1. The van der Waals surface area contributed by atoms with E-state index in [2.05, 4.69) is 0 Å². The Morgan fingerprint density at radius 2 is 2.00 bits per heavy atom. The highest BCUT2D eigenvalue weighted by Crippen LogP contribution is 2.35. The Balaban J connectivity index is 1.80. The number of benzene rings is 2. The molecular weight excluding hydrogens is 446 g/mol. The molecule has 162 valence electrons. The second kappa shape index (κ2) is 8.97. The molecular formula is C23H19N3O4S2. The summed E-state index contributed by atoms with van der Waals surface area (Å²) in [5, 5.41) is 13.8. The highest BCUT2D eigenvalue weighted by molar-refractivity contribution is 8.26. The number of para-hydroxylation sites is 1. The third kappa shape index (κ3) is 4.30. The number of nitrogens with zero attached hydrogens (tertiary/aromatic N) is 3. The lowest BCUT2D eigenvalue weighted by atomic mass is 10.0. The smallest absolute Gasteiger partial charge is 0.323 e. The fourth-order valence-electron chi connectivity index (χ4n) is 3.37. The lowest BCUT2D eigenvalue weighted by Gasteiger charge is -2.10. The Bertz CT molecular complexity index is 1250. The number of amides is 1. The fraction of sp³-hybridized carbons (Fsp3) is 0.130. The number of carboxylic acids is 1. The second-order valence-corrected chi connectivity index (χ2v) is 8.73. The van der Waals surface area contributed by atoms with Crippen LogP contribution in [-0.4, -0.2) is 49.6 Å². The number of thiocarbonyl (C=S) groups is 1. The summed E-state index contributed by atoms with van der Waals surface area (Å²) < 4.78 is 7.34. The molecule has 2 aromatic carbocycles. The molecule has 4 rings (SSSR count). The first-order chi connectivity index (χ1) is 15.4. The summed E-state index contributed by atoms with van der Waals surface area (Å²) in [6.45, 7) is 1.49. The Hall–Kier alpha value is -3.43. The van der Waals surface area contributed by atoms with Crippen LogP contribution >= 0.6 is 24.0 Å². The number of hydrogen-bond acceptors (Lipinski definition) is 6. The molecule has 0 unspecified atom stereocenters. The highest BCUT2D eigenvalue weighted by atomic mass is 32.2. The first-order valence-electron chi connectivity index (χ1n) is 9.64. The van der Waals surface area contributed by atoms with Crippen molar-refractivity contribution in [2.75, 3.05) is 13.7 Å². The molecule has 0 spiro atoms. The van der Waals surface area contributed by atoms with E-state index in [0.717, 1.165) is 39.2 Å². The van der Waals surface area contributed by atoms with E-state index < -0.39 is 18.4 Å². The predicted octanol–water partition coefficient (Wildman–Crippen LogP) is 4.14. The Morgan fingerprint density at radius 3 is 2.66 bits per heavy atom. The van der Waals surface area contributed by atoms with Crippen molar-refractivity contribution in [2.24, 2.45) is 0 Å². The summed E-state index contributed by atoms with van der Waals surface area (Å²) in [4.78, 5) is 25.3. The summed E-state index contributed by atoms with van der Waals surface area (Å²) in [7, 11) is 1.62. The van der Waals surface area contributed by atoms with Crippen molar-refractivity contribution in [1.29, 1.82) is 0 Å². The molecule has 0 saturated carbocycles. The van der Waals surface area contributed by atoms with Crippen molar-refractivity contribution in [3.05, 3.63) is 70.8 Å². The third-order valence-corrected chi connectivity index (χ3v) is 6.26. The van der Waals surface area contributed by atoms with Gasteiger partial charge in [-0.3, -0.25) is 14.5 Å². The molecule has 2 heterocycles. The number of ether oxygens (including phenoxy) is 1. The van der Waals surface area contributed by atoms with Gasteiger partial charge >= 0.3 is 5.97 Å². The minimum absolute atomic E-state index is 0.223. The number of aromatic nitrogens is 2. The summed E-state index contributed by atoms with van der Waals surface area (Å²) in [6.07, 6.45) is 3.55. The van der Waals surface area contributed by atoms with E-state index in [4.69, 9.17) is 27.2 Å². The van der Waals surface area contributed by atoms with E-state index in [1.54, 1.807) is 17.9 Å². The maximum atomic E-state index is 12.8. The predicted molar refractivity (Wildman–Crippen MR) is 128 cm³/mol. The zero-order chi connectivity index (χ0) is 22.8. The van der Waals surface area contributed by atoms with Crippen molar-refractivity contribution < 1.29 is 19.4 Å². The van der Waals surface area contributed by atoms with Gasteiger partial charge in [-0.25, -0.2) is 4.68 Å².